The highest BCUT2D eigenvalue weighted by molar-refractivity contribution is 8.93. The lowest BCUT2D eigenvalue weighted by molar-refractivity contribution is 0.0677. The van der Waals surface area contributed by atoms with Gasteiger partial charge in [-0.25, -0.2) is 0 Å². The van der Waals surface area contributed by atoms with Gasteiger partial charge in [-0.1, -0.05) is 67.6 Å². The molecule has 0 amide bonds. The maximum absolute atomic E-state index is 10.4. The van der Waals surface area contributed by atoms with Gasteiger partial charge in [0.1, 0.15) is 5.41 Å². The molecule has 2 aliphatic heterocycles. The maximum atomic E-state index is 10.4. The zero-order chi connectivity index (χ0) is 18.1. The Labute approximate surface area is 174 Å². The van der Waals surface area contributed by atoms with Crippen molar-refractivity contribution in [2.75, 3.05) is 7.05 Å². The normalized spacial score (nSPS) is 27.6. The minimum Gasteiger partial charge on any atom is -0.300 e. The Hall–Kier alpha value is -1.63. The Bertz CT molecular complexity index is 744. The summed E-state index contributed by atoms with van der Waals surface area (Å²) in [6, 6.07) is 25.0. The molecule has 4 unspecified atom stereocenters. The second-order valence-electron chi connectivity index (χ2n) is 8.27. The van der Waals surface area contributed by atoms with Crippen LogP contribution >= 0.6 is 17.0 Å². The van der Waals surface area contributed by atoms with Gasteiger partial charge in [-0.05, 0) is 55.7 Å². The Balaban J connectivity index is 0.00000210. The van der Waals surface area contributed by atoms with Gasteiger partial charge in [0.2, 0.25) is 0 Å². The summed E-state index contributed by atoms with van der Waals surface area (Å²) in [7, 11) is 2.29. The summed E-state index contributed by atoms with van der Waals surface area (Å²) in [5.74, 6) is 1.22. The number of benzene rings is 2. The molecule has 2 aromatic rings. The molecule has 0 saturated carbocycles. The second kappa shape index (κ2) is 8.17. The first kappa shape index (κ1) is 20.1. The van der Waals surface area contributed by atoms with Crippen molar-refractivity contribution >= 4 is 17.0 Å². The highest BCUT2D eigenvalue weighted by Gasteiger charge is 2.47. The fourth-order valence-electron chi connectivity index (χ4n) is 5.52. The molecule has 2 saturated heterocycles. The first-order chi connectivity index (χ1) is 12.7. The SMILES string of the molecule is Br.CC1C(CC(C#N)(c2ccccc2)c2ccccc2)CC2CCC1N2C. The van der Waals surface area contributed by atoms with Gasteiger partial charge in [0.15, 0.2) is 0 Å². The van der Waals surface area contributed by atoms with Crippen molar-refractivity contribution in [1.29, 1.82) is 5.26 Å². The number of nitrogens with zero attached hydrogens (tertiary/aromatic N) is 2. The van der Waals surface area contributed by atoms with E-state index in [-0.39, 0.29) is 17.0 Å². The average molecular weight is 425 g/mol. The first-order valence-electron chi connectivity index (χ1n) is 9.90. The predicted octanol–water partition coefficient (Wildman–Crippen LogP) is 5.58. The maximum Gasteiger partial charge on any atom is 0.107 e. The Morgan fingerprint density at radius 1 is 1.00 bits per heavy atom. The van der Waals surface area contributed by atoms with E-state index in [0.717, 1.165) is 17.5 Å². The van der Waals surface area contributed by atoms with Crippen LogP contribution in [0, 0.1) is 23.2 Å². The van der Waals surface area contributed by atoms with Crippen LogP contribution < -0.4 is 0 Å². The molecule has 0 N–H and O–H groups in total. The first-order valence-corrected chi connectivity index (χ1v) is 9.90. The van der Waals surface area contributed by atoms with Crippen LogP contribution in [-0.2, 0) is 5.41 Å². The van der Waals surface area contributed by atoms with Crippen LogP contribution in [0.1, 0.15) is 43.7 Å². The van der Waals surface area contributed by atoms with Gasteiger partial charge in [-0.3, -0.25) is 0 Å². The summed E-state index contributed by atoms with van der Waals surface area (Å²) in [5, 5.41) is 10.4. The van der Waals surface area contributed by atoms with E-state index in [0.29, 0.717) is 23.9 Å². The highest BCUT2D eigenvalue weighted by Crippen LogP contribution is 2.47. The fraction of sp³-hybridized carbons (Fsp3) is 0.458. The van der Waals surface area contributed by atoms with Gasteiger partial charge in [-0.15, -0.1) is 17.0 Å². The van der Waals surface area contributed by atoms with Gasteiger partial charge in [0.05, 0.1) is 6.07 Å². The zero-order valence-electron chi connectivity index (χ0n) is 16.2. The van der Waals surface area contributed by atoms with E-state index in [1.165, 1.54) is 19.3 Å². The largest absolute Gasteiger partial charge is 0.300 e. The van der Waals surface area contributed by atoms with Crippen LogP contribution in [0.25, 0.3) is 0 Å². The van der Waals surface area contributed by atoms with Crippen molar-refractivity contribution in [3.8, 4) is 6.07 Å². The van der Waals surface area contributed by atoms with Crippen LogP contribution in [0.15, 0.2) is 60.7 Å². The summed E-state index contributed by atoms with van der Waals surface area (Å²) in [5.41, 5.74) is 1.70. The monoisotopic (exact) mass is 424 g/mol. The molecule has 4 rings (SSSR count). The lowest BCUT2D eigenvalue weighted by Crippen LogP contribution is -2.47. The third-order valence-electron chi connectivity index (χ3n) is 7.11. The number of piperidine rings is 1. The number of halogens is 1. The highest BCUT2D eigenvalue weighted by atomic mass is 79.9. The predicted molar refractivity (Wildman–Crippen MR) is 116 cm³/mol. The molecule has 2 heterocycles. The van der Waals surface area contributed by atoms with Crippen molar-refractivity contribution in [2.24, 2.45) is 11.8 Å². The standard InChI is InChI=1S/C24H28N2.BrH/c1-18-19(15-22-13-14-23(18)26(22)2)16-24(17-25,20-9-5-3-6-10-20)21-11-7-4-8-12-21;/h3-12,18-19,22-23H,13-16H2,1-2H3;1H. The van der Waals surface area contributed by atoms with E-state index < -0.39 is 5.41 Å². The smallest absolute Gasteiger partial charge is 0.107 e. The number of hydrogen-bond acceptors (Lipinski definition) is 2. The molecular formula is C24H29BrN2. The molecular weight excluding hydrogens is 396 g/mol. The number of fused-ring (bicyclic) bond motifs is 2. The Morgan fingerprint density at radius 2 is 1.56 bits per heavy atom. The fourth-order valence-corrected chi connectivity index (χ4v) is 5.52. The molecule has 0 spiro atoms. The Morgan fingerprint density at radius 3 is 2.07 bits per heavy atom. The van der Waals surface area contributed by atoms with Crippen molar-refractivity contribution in [2.45, 2.75) is 50.1 Å². The van der Waals surface area contributed by atoms with E-state index in [2.05, 4.69) is 73.5 Å². The minimum absolute atomic E-state index is 0. The van der Waals surface area contributed by atoms with E-state index in [1.807, 2.05) is 12.1 Å². The lowest BCUT2D eigenvalue weighted by Gasteiger charge is -2.44. The van der Waals surface area contributed by atoms with Gasteiger partial charge in [0.25, 0.3) is 0 Å². The third-order valence-corrected chi connectivity index (χ3v) is 7.11. The quantitative estimate of drug-likeness (QED) is 0.639. The van der Waals surface area contributed by atoms with Crippen molar-refractivity contribution in [3.63, 3.8) is 0 Å². The second-order valence-corrected chi connectivity index (χ2v) is 8.27. The average Bonchev–Trinajstić information content (AvgIpc) is 2.97. The summed E-state index contributed by atoms with van der Waals surface area (Å²) in [4.78, 5) is 2.60. The van der Waals surface area contributed by atoms with Gasteiger partial charge >= 0.3 is 0 Å². The molecule has 0 aromatic heterocycles. The molecule has 2 nitrogen and oxygen atoms in total. The molecule has 2 bridgehead atoms. The zero-order valence-corrected chi connectivity index (χ0v) is 17.9. The molecule has 142 valence electrons. The van der Waals surface area contributed by atoms with Crippen LogP contribution in [0.2, 0.25) is 0 Å². The number of hydrogen-bond donors (Lipinski definition) is 0. The van der Waals surface area contributed by atoms with Gasteiger partial charge < -0.3 is 4.90 Å². The molecule has 3 heteroatoms. The van der Waals surface area contributed by atoms with E-state index >= 15 is 0 Å². The molecule has 2 aliphatic rings. The van der Waals surface area contributed by atoms with Crippen molar-refractivity contribution < 1.29 is 0 Å². The number of rotatable bonds is 4. The lowest BCUT2D eigenvalue weighted by atomic mass is 9.65. The summed E-state index contributed by atoms with van der Waals surface area (Å²) in [6.07, 6.45) is 4.77. The summed E-state index contributed by atoms with van der Waals surface area (Å²) < 4.78 is 0. The van der Waals surface area contributed by atoms with Crippen molar-refractivity contribution in [3.05, 3.63) is 71.8 Å². The molecule has 0 aliphatic carbocycles. The van der Waals surface area contributed by atoms with Crippen molar-refractivity contribution in [1.82, 2.24) is 4.90 Å². The minimum atomic E-state index is -0.559. The molecule has 4 atom stereocenters. The molecule has 2 fully saturated rings. The third kappa shape index (κ3) is 3.46. The van der Waals surface area contributed by atoms with Crippen LogP contribution in [0.3, 0.4) is 0 Å². The van der Waals surface area contributed by atoms with E-state index in [9.17, 15) is 5.26 Å². The molecule has 0 radical (unpaired) electrons. The van der Waals surface area contributed by atoms with E-state index in [4.69, 9.17) is 0 Å². The van der Waals surface area contributed by atoms with Crippen LogP contribution in [0.4, 0.5) is 0 Å². The number of nitriles is 1. The molecule has 2 aromatic carbocycles. The topological polar surface area (TPSA) is 27.0 Å². The summed E-state index contributed by atoms with van der Waals surface area (Å²) >= 11 is 0. The Kier molecular flexibility index (Phi) is 6.08. The van der Waals surface area contributed by atoms with Gasteiger partial charge in [-0.2, -0.15) is 5.26 Å². The van der Waals surface area contributed by atoms with Gasteiger partial charge in [0, 0.05) is 12.1 Å². The van der Waals surface area contributed by atoms with Crippen LogP contribution in [-0.4, -0.2) is 24.0 Å². The van der Waals surface area contributed by atoms with Crippen LogP contribution in [0.5, 0.6) is 0 Å². The molecule has 27 heavy (non-hydrogen) atoms. The van der Waals surface area contributed by atoms with E-state index in [1.54, 1.807) is 0 Å². The summed E-state index contributed by atoms with van der Waals surface area (Å²) in [6.45, 7) is 2.41.